The van der Waals surface area contributed by atoms with Crippen LogP contribution in [0.2, 0.25) is 0 Å². The molecule has 0 radical (unpaired) electrons. The average molecular weight is 342 g/mol. The second-order valence-electron chi connectivity index (χ2n) is 5.69. The molecule has 1 saturated heterocycles. The molecule has 1 N–H and O–H groups in total. The number of nitrogens with one attached hydrogen (secondary N) is 1. The van der Waals surface area contributed by atoms with Crippen LogP contribution in [0, 0.1) is 13.8 Å². The van der Waals surface area contributed by atoms with Crippen molar-refractivity contribution in [1.29, 1.82) is 0 Å². The smallest absolute Gasteiger partial charge is 0.275 e. The van der Waals surface area contributed by atoms with E-state index in [1.807, 2.05) is 32.0 Å². The highest BCUT2D eigenvalue weighted by Crippen LogP contribution is 2.24. The van der Waals surface area contributed by atoms with Gasteiger partial charge in [-0.15, -0.1) is 11.8 Å². The maximum atomic E-state index is 12.6. The van der Waals surface area contributed by atoms with Gasteiger partial charge in [0, 0.05) is 23.8 Å². The van der Waals surface area contributed by atoms with E-state index in [0.717, 1.165) is 16.8 Å². The van der Waals surface area contributed by atoms with E-state index in [0.29, 0.717) is 11.6 Å². The summed E-state index contributed by atoms with van der Waals surface area (Å²) in [4.78, 5) is 34.7. The summed E-state index contributed by atoms with van der Waals surface area (Å²) in [5, 5.41) is 2.93. The number of carbonyl (C=O) groups excluding carboxylic acids is 2. The van der Waals surface area contributed by atoms with Crippen LogP contribution in [0.1, 0.15) is 21.6 Å². The fraction of sp³-hybridized carbons (Fsp3) is 0.294. The Morgan fingerprint density at radius 2 is 2.12 bits per heavy atom. The Hall–Kier alpha value is -2.41. The van der Waals surface area contributed by atoms with Crippen LogP contribution in [-0.2, 0) is 4.79 Å². The minimum Gasteiger partial charge on any atom is -0.324 e. The zero-order valence-electron chi connectivity index (χ0n) is 13.5. The Balaban J connectivity index is 1.75. The number of aryl methyl sites for hydroxylation is 2. The number of hydrogen-bond acceptors (Lipinski definition) is 5. The second kappa shape index (κ2) is 7.00. The van der Waals surface area contributed by atoms with E-state index in [9.17, 15) is 9.59 Å². The highest BCUT2D eigenvalue weighted by atomic mass is 32.2. The zero-order chi connectivity index (χ0) is 17.1. The Morgan fingerprint density at radius 3 is 2.83 bits per heavy atom. The molecule has 2 amide bonds. The molecular weight excluding hydrogens is 324 g/mol. The van der Waals surface area contributed by atoms with E-state index >= 15 is 0 Å². The zero-order valence-corrected chi connectivity index (χ0v) is 14.3. The third-order valence-electron chi connectivity index (χ3n) is 3.87. The van der Waals surface area contributed by atoms with Crippen molar-refractivity contribution >= 4 is 29.3 Å². The fourth-order valence-corrected chi connectivity index (χ4v) is 3.74. The minimum atomic E-state index is -0.509. The molecule has 3 rings (SSSR count). The largest absolute Gasteiger partial charge is 0.324 e. The van der Waals surface area contributed by atoms with Gasteiger partial charge in [-0.2, -0.15) is 0 Å². The summed E-state index contributed by atoms with van der Waals surface area (Å²) in [6, 6.07) is 5.35. The van der Waals surface area contributed by atoms with Crippen LogP contribution in [-0.4, -0.2) is 44.4 Å². The van der Waals surface area contributed by atoms with Crippen LogP contribution in [0.25, 0.3) is 0 Å². The molecule has 2 heterocycles. The summed E-state index contributed by atoms with van der Waals surface area (Å²) in [6.07, 6.45) is 4.41. The van der Waals surface area contributed by atoms with Crippen molar-refractivity contribution in [3.05, 3.63) is 53.6 Å². The Bertz CT molecular complexity index is 766. The lowest BCUT2D eigenvalue weighted by Crippen LogP contribution is -2.44. The summed E-state index contributed by atoms with van der Waals surface area (Å²) in [5.74, 6) is 0.599. The third kappa shape index (κ3) is 3.41. The average Bonchev–Trinajstić information content (AvgIpc) is 3.07. The van der Waals surface area contributed by atoms with Gasteiger partial charge in [-0.3, -0.25) is 14.6 Å². The SMILES string of the molecule is Cc1ccc(NC(=O)[C@H]2CSCN2C(=O)c2cnccn2)c(C)c1. The number of thioether (sulfide) groups is 1. The van der Waals surface area contributed by atoms with Crippen LogP contribution in [0.5, 0.6) is 0 Å². The molecule has 1 aliphatic rings. The molecule has 1 atom stereocenters. The first kappa shape index (κ1) is 16.4. The molecule has 1 aliphatic heterocycles. The predicted molar refractivity (Wildman–Crippen MR) is 93.9 cm³/mol. The molecule has 0 saturated carbocycles. The van der Waals surface area contributed by atoms with Gasteiger partial charge in [-0.1, -0.05) is 17.7 Å². The molecule has 1 aromatic heterocycles. The maximum absolute atomic E-state index is 12.6. The molecule has 0 aliphatic carbocycles. The highest BCUT2D eigenvalue weighted by molar-refractivity contribution is 7.99. The van der Waals surface area contributed by atoms with E-state index in [-0.39, 0.29) is 17.5 Å². The van der Waals surface area contributed by atoms with Crippen molar-refractivity contribution in [2.45, 2.75) is 19.9 Å². The van der Waals surface area contributed by atoms with Gasteiger partial charge >= 0.3 is 0 Å². The summed E-state index contributed by atoms with van der Waals surface area (Å²) in [6.45, 7) is 3.96. The molecule has 2 aromatic rings. The van der Waals surface area contributed by atoms with E-state index in [2.05, 4.69) is 15.3 Å². The van der Waals surface area contributed by atoms with Gasteiger partial charge in [0.1, 0.15) is 11.7 Å². The second-order valence-corrected chi connectivity index (χ2v) is 6.69. The quantitative estimate of drug-likeness (QED) is 0.926. The number of benzene rings is 1. The van der Waals surface area contributed by atoms with Crippen molar-refractivity contribution in [2.24, 2.45) is 0 Å². The molecule has 1 fully saturated rings. The number of amides is 2. The van der Waals surface area contributed by atoms with Gasteiger partial charge in [0.2, 0.25) is 5.91 Å². The monoisotopic (exact) mass is 342 g/mol. The molecule has 7 heteroatoms. The summed E-state index contributed by atoms with van der Waals surface area (Å²) >= 11 is 1.55. The van der Waals surface area contributed by atoms with Crippen LogP contribution < -0.4 is 5.32 Å². The van der Waals surface area contributed by atoms with E-state index in [1.165, 1.54) is 18.6 Å². The number of aromatic nitrogens is 2. The standard InChI is InChI=1S/C17H18N4O2S/c1-11-3-4-13(12(2)7-11)20-16(22)15-9-24-10-21(15)17(23)14-8-18-5-6-19-14/h3-8,15H,9-10H2,1-2H3,(H,20,22)/t15-/m1/s1. The molecule has 1 aromatic carbocycles. The maximum Gasteiger partial charge on any atom is 0.275 e. The molecule has 0 bridgehead atoms. The molecule has 24 heavy (non-hydrogen) atoms. The van der Waals surface area contributed by atoms with Crippen molar-refractivity contribution in [3.8, 4) is 0 Å². The van der Waals surface area contributed by atoms with Gasteiger partial charge in [0.15, 0.2) is 0 Å². The predicted octanol–water partition coefficient (Wildman–Crippen LogP) is 2.25. The Morgan fingerprint density at radius 1 is 1.29 bits per heavy atom. The number of hydrogen-bond donors (Lipinski definition) is 1. The molecular formula is C17H18N4O2S. The normalized spacial score (nSPS) is 16.9. The van der Waals surface area contributed by atoms with Crippen LogP contribution in [0.3, 0.4) is 0 Å². The van der Waals surface area contributed by atoms with Gasteiger partial charge in [0.25, 0.3) is 5.91 Å². The van der Waals surface area contributed by atoms with Gasteiger partial charge < -0.3 is 10.2 Å². The van der Waals surface area contributed by atoms with Crippen molar-refractivity contribution in [3.63, 3.8) is 0 Å². The molecule has 0 unspecified atom stereocenters. The van der Waals surface area contributed by atoms with E-state index < -0.39 is 6.04 Å². The van der Waals surface area contributed by atoms with Gasteiger partial charge in [-0.05, 0) is 25.5 Å². The van der Waals surface area contributed by atoms with Crippen molar-refractivity contribution in [2.75, 3.05) is 16.9 Å². The van der Waals surface area contributed by atoms with Gasteiger partial charge in [-0.25, -0.2) is 4.98 Å². The number of anilines is 1. The van der Waals surface area contributed by atoms with Crippen LogP contribution >= 0.6 is 11.8 Å². The first-order valence-corrected chi connectivity index (χ1v) is 8.74. The first-order chi connectivity index (χ1) is 11.6. The highest BCUT2D eigenvalue weighted by Gasteiger charge is 2.35. The number of carbonyl (C=O) groups is 2. The Kier molecular flexibility index (Phi) is 4.80. The fourth-order valence-electron chi connectivity index (χ4n) is 2.59. The van der Waals surface area contributed by atoms with Gasteiger partial charge in [0.05, 0.1) is 12.1 Å². The van der Waals surface area contributed by atoms with Crippen LogP contribution in [0.4, 0.5) is 5.69 Å². The lowest BCUT2D eigenvalue weighted by molar-refractivity contribution is -0.119. The van der Waals surface area contributed by atoms with Crippen LogP contribution in [0.15, 0.2) is 36.8 Å². The number of nitrogens with zero attached hydrogens (tertiary/aromatic N) is 3. The van der Waals surface area contributed by atoms with E-state index in [1.54, 1.807) is 16.7 Å². The van der Waals surface area contributed by atoms with Crippen molar-refractivity contribution < 1.29 is 9.59 Å². The number of rotatable bonds is 3. The summed E-state index contributed by atoms with van der Waals surface area (Å²) in [7, 11) is 0. The van der Waals surface area contributed by atoms with Crippen molar-refractivity contribution in [1.82, 2.24) is 14.9 Å². The summed E-state index contributed by atoms with van der Waals surface area (Å²) < 4.78 is 0. The van der Waals surface area contributed by atoms with E-state index in [4.69, 9.17) is 0 Å². The lowest BCUT2D eigenvalue weighted by Gasteiger charge is -2.23. The lowest BCUT2D eigenvalue weighted by atomic mass is 10.1. The summed E-state index contributed by atoms with van der Waals surface area (Å²) in [5.41, 5.74) is 3.17. The topological polar surface area (TPSA) is 75.2 Å². The third-order valence-corrected chi connectivity index (χ3v) is 4.88. The minimum absolute atomic E-state index is 0.177. The molecule has 0 spiro atoms. The molecule has 124 valence electrons. The first-order valence-electron chi connectivity index (χ1n) is 7.59. The molecule has 6 nitrogen and oxygen atoms in total. The Labute approximate surface area is 144 Å².